The number of nitrogens with two attached hydrogens (primary N) is 1. The zero-order valence-corrected chi connectivity index (χ0v) is 12.0. The molecule has 0 saturated heterocycles. The van der Waals surface area contributed by atoms with Crippen LogP contribution in [0.25, 0.3) is 0 Å². The fourth-order valence-electron chi connectivity index (χ4n) is 1.42. The summed E-state index contributed by atoms with van der Waals surface area (Å²) in [5.74, 6) is 2.28. The second-order valence-electron chi connectivity index (χ2n) is 3.45. The van der Waals surface area contributed by atoms with Crippen LogP contribution in [0.5, 0.6) is 0 Å². The third-order valence-corrected chi connectivity index (χ3v) is 5.08. The van der Waals surface area contributed by atoms with Gasteiger partial charge in [0.05, 0.1) is 16.6 Å². The lowest BCUT2D eigenvalue weighted by Gasteiger charge is -2.19. The molecular formula is C11H12Cl2N2O2S. The predicted octanol–water partition coefficient (Wildman–Crippen LogP) is 2.22. The molecule has 0 aromatic heterocycles. The highest BCUT2D eigenvalue weighted by atomic mass is 35.5. The Bertz CT molecular complexity index is 571. The monoisotopic (exact) mass is 306 g/mol. The van der Waals surface area contributed by atoms with Gasteiger partial charge >= 0.3 is 0 Å². The van der Waals surface area contributed by atoms with Crippen LogP contribution in [0.15, 0.2) is 17.0 Å². The van der Waals surface area contributed by atoms with Gasteiger partial charge in [0.2, 0.25) is 10.0 Å². The number of anilines is 1. The standard InChI is InChI=1S/C11H12Cl2N2O2S/c1-3-5-15(4-2)18(16,17)11-9(12)6-8(14)7-10(11)13/h1,6-7H,4-5,14H2,2H3. The zero-order valence-electron chi connectivity index (χ0n) is 9.65. The number of hydrogen-bond donors (Lipinski definition) is 1. The van der Waals surface area contributed by atoms with Crippen molar-refractivity contribution in [3.63, 3.8) is 0 Å². The quantitative estimate of drug-likeness (QED) is 0.685. The van der Waals surface area contributed by atoms with E-state index in [9.17, 15) is 8.42 Å². The zero-order chi connectivity index (χ0) is 13.9. The topological polar surface area (TPSA) is 63.4 Å². The molecule has 0 aliphatic rings. The third kappa shape index (κ3) is 2.90. The minimum absolute atomic E-state index is 0.0181. The highest BCUT2D eigenvalue weighted by molar-refractivity contribution is 7.89. The smallest absolute Gasteiger partial charge is 0.246 e. The lowest BCUT2D eigenvalue weighted by atomic mass is 10.3. The first-order valence-electron chi connectivity index (χ1n) is 5.02. The largest absolute Gasteiger partial charge is 0.399 e. The molecule has 0 amide bonds. The second-order valence-corrected chi connectivity index (χ2v) is 6.14. The number of terminal acetylenes is 1. The molecule has 0 saturated carbocycles. The van der Waals surface area contributed by atoms with E-state index in [0.717, 1.165) is 4.31 Å². The Kier molecular flexibility index (Phi) is 4.88. The molecule has 18 heavy (non-hydrogen) atoms. The molecule has 1 aromatic carbocycles. The molecule has 0 radical (unpaired) electrons. The van der Waals surface area contributed by atoms with E-state index in [0.29, 0.717) is 5.69 Å². The van der Waals surface area contributed by atoms with Crippen LogP contribution in [0.2, 0.25) is 10.0 Å². The average Bonchev–Trinajstić information content (AvgIpc) is 2.23. The van der Waals surface area contributed by atoms with Crippen molar-refractivity contribution in [1.82, 2.24) is 4.31 Å². The maximum Gasteiger partial charge on any atom is 0.246 e. The maximum atomic E-state index is 12.3. The Morgan fingerprint density at radius 2 is 1.89 bits per heavy atom. The van der Waals surface area contributed by atoms with Gasteiger partial charge < -0.3 is 5.73 Å². The minimum atomic E-state index is -3.82. The molecule has 0 unspecified atom stereocenters. The van der Waals surface area contributed by atoms with Crippen molar-refractivity contribution >= 4 is 38.9 Å². The van der Waals surface area contributed by atoms with Gasteiger partial charge in [-0.3, -0.25) is 0 Å². The SMILES string of the molecule is C#CCN(CC)S(=O)(=O)c1c(Cl)cc(N)cc1Cl. The summed E-state index contributed by atoms with van der Waals surface area (Å²) >= 11 is 11.8. The van der Waals surface area contributed by atoms with E-state index in [4.69, 9.17) is 35.4 Å². The number of benzene rings is 1. The van der Waals surface area contributed by atoms with Crippen LogP contribution in [-0.2, 0) is 10.0 Å². The molecule has 1 aromatic rings. The lowest BCUT2D eigenvalue weighted by Crippen LogP contribution is -2.31. The number of sulfonamides is 1. The van der Waals surface area contributed by atoms with Gasteiger partial charge in [-0.15, -0.1) is 6.42 Å². The van der Waals surface area contributed by atoms with Crippen molar-refractivity contribution in [3.05, 3.63) is 22.2 Å². The molecule has 0 spiro atoms. The number of nitrogens with zero attached hydrogens (tertiary/aromatic N) is 1. The normalized spacial score (nSPS) is 11.5. The van der Waals surface area contributed by atoms with Gasteiger partial charge in [0, 0.05) is 12.2 Å². The first kappa shape index (κ1) is 15.1. The van der Waals surface area contributed by atoms with Crippen LogP contribution in [0.1, 0.15) is 6.92 Å². The molecule has 0 heterocycles. The molecule has 0 fully saturated rings. The fourth-order valence-corrected chi connectivity index (χ4v) is 3.97. The first-order valence-corrected chi connectivity index (χ1v) is 7.22. The van der Waals surface area contributed by atoms with Gasteiger partial charge in [-0.05, 0) is 12.1 Å². The van der Waals surface area contributed by atoms with Gasteiger partial charge in [-0.25, -0.2) is 8.42 Å². The van der Waals surface area contributed by atoms with E-state index < -0.39 is 10.0 Å². The Balaban J connectivity index is 3.42. The molecule has 0 aliphatic heterocycles. The van der Waals surface area contributed by atoms with E-state index >= 15 is 0 Å². The van der Waals surface area contributed by atoms with Gasteiger partial charge in [0.1, 0.15) is 4.90 Å². The second kappa shape index (κ2) is 5.81. The Hall–Kier alpha value is -0.930. The average molecular weight is 307 g/mol. The summed E-state index contributed by atoms with van der Waals surface area (Å²) in [5.41, 5.74) is 5.82. The summed E-state index contributed by atoms with van der Waals surface area (Å²) in [7, 11) is -3.82. The number of nitrogen functional groups attached to an aromatic ring is 1. The molecule has 98 valence electrons. The first-order chi connectivity index (χ1) is 8.34. The lowest BCUT2D eigenvalue weighted by molar-refractivity contribution is 0.464. The molecular weight excluding hydrogens is 295 g/mol. The summed E-state index contributed by atoms with van der Waals surface area (Å²) in [5, 5.41) is -0.0362. The molecule has 2 N–H and O–H groups in total. The molecule has 1 rings (SSSR count). The maximum absolute atomic E-state index is 12.3. The van der Waals surface area contributed by atoms with E-state index in [1.807, 2.05) is 0 Å². The molecule has 0 aliphatic carbocycles. The van der Waals surface area contributed by atoms with E-state index in [1.165, 1.54) is 12.1 Å². The van der Waals surface area contributed by atoms with Crippen molar-refractivity contribution in [2.45, 2.75) is 11.8 Å². The van der Waals surface area contributed by atoms with Gasteiger partial charge in [-0.2, -0.15) is 4.31 Å². The summed E-state index contributed by atoms with van der Waals surface area (Å²) in [6.45, 7) is 1.85. The number of rotatable bonds is 4. The number of halogens is 2. The van der Waals surface area contributed by atoms with Crippen molar-refractivity contribution in [3.8, 4) is 12.3 Å². The van der Waals surface area contributed by atoms with E-state index in [1.54, 1.807) is 6.92 Å². The van der Waals surface area contributed by atoms with Crippen LogP contribution in [0.3, 0.4) is 0 Å². The fraction of sp³-hybridized carbons (Fsp3) is 0.273. The van der Waals surface area contributed by atoms with Crippen molar-refractivity contribution in [2.75, 3.05) is 18.8 Å². The van der Waals surface area contributed by atoms with E-state index in [-0.39, 0.29) is 28.0 Å². The van der Waals surface area contributed by atoms with Crippen LogP contribution >= 0.6 is 23.2 Å². The Morgan fingerprint density at radius 1 is 1.39 bits per heavy atom. The summed E-state index contributed by atoms with van der Waals surface area (Å²) in [6.07, 6.45) is 5.14. The number of hydrogen-bond acceptors (Lipinski definition) is 3. The highest BCUT2D eigenvalue weighted by Gasteiger charge is 2.28. The van der Waals surface area contributed by atoms with Crippen LogP contribution in [0.4, 0.5) is 5.69 Å². The third-order valence-electron chi connectivity index (χ3n) is 2.24. The highest BCUT2D eigenvalue weighted by Crippen LogP contribution is 2.33. The Labute approximate surface area is 117 Å². The van der Waals surface area contributed by atoms with E-state index in [2.05, 4.69) is 5.92 Å². The molecule has 0 bridgehead atoms. The summed E-state index contributed by atoms with van der Waals surface area (Å²) in [6, 6.07) is 2.67. The van der Waals surface area contributed by atoms with Crippen LogP contribution in [0, 0.1) is 12.3 Å². The predicted molar refractivity (Wildman–Crippen MR) is 74.1 cm³/mol. The summed E-state index contributed by atoms with van der Waals surface area (Å²) < 4.78 is 25.8. The van der Waals surface area contributed by atoms with Crippen molar-refractivity contribution < 1.29 is 8.42 Å². The van der Waals surface area contributed by atoms with Crippen LogP contribution < -0.4 is 5.73 Å². The van der Waals surface area contributed by atoms with Gasteiger partial charge in [0.15, 0.2) is 0 Å². The molecule has 4 nitrogen and oxygen atoms in total. The van der Waals surface area contributed by atoms with Crippen molar-refractivity contribution in [2.24, 2.45) is 0 Å². The van der Waals surface area contributed by atoms with Gasteiger partial charge in [-0.1, -0.05) is 36.0 Å². The summed E-state index contributed by atoms with van der Waals surface area (Å²) in [4.78, 5) is -0.169. The minimum Gasteiger partial charge on any atom is -0.399 e. The Morgan fingerprint density at radius 3 is 2.28 bits per heavy atom. The van der Waals surface area contributed by atoms with Gasteiger partial charge in [0.25, 0.3) is 0 Å². The van der Waals surface area contributed by atoms with Crippen molar-refractivity contribution in [1.29, 1.82) is 0 Å². The van der Waals surface area contributed by atoms with Crippen LogP contribution in [-0.4, -0.2) is 25.8 Å². The molecule has 7 heteroatoms. The molecule has 0 atom stereocenters.